The van der Waals surface area contributed by atoms with Gasteiger partial charge in [-0.25, -0.2) is 0 Å². The lowest BCUT2D eigenvalue weighted by Crippen LogP contribution is -2.46. The third-order valence-corrected chi connectivity index (χ3v) is 5.00. The van der Waals surface area contributed by atoms with E-state index in [1.807, 2.05) is 18.2 Å². The number of carboxylic acids is 1. The Hall–Kier alpha value is -2.04. The third-order valence-electron chi connectivity index (χ3n) is 5.00. The summed E-state index contributed by atoms with van der Waals surface area (Å²) in [4.78, 5) is 25.9. The van der Waals surface area contributed by atoms with Gasteiger partial charge in [-0.2, -0.15) is 0 Å². The fraction of sp³-hybridized carbons (Fsp3) is 0.556. The monoisotopic (exact) mass is 316 g/mol. The number of hydrogen-bond donors (Lipinski definition) is 2. The topological polar surface area (TPSA) is 69.6 Å². The first-order valence-corrected chi connectivity index (χ1v) is 8.50. The number of carboxylic acid groups (broad SMARTS) is 1. The van der Waals surface area contributed by atoms with Crippen molar-refractivity contribution in [1.29, 1.82) is 0 Å². The molecule has 1 fully saturated rings. The second kappa shape index (κ2) is 7.02. The molecule has 0 radical (unpaired) electrons. The Morgan fingerprint density at radius 3 is 2.78 bits per heavy atom. The maximum absolute atomic E-state index is 12.4. The molecule has 1 saturated carbocycles. The summed E-state index contributed by atoms with van der Waals surface area (Å²) < 4.78 is 0. The molecule has 1 amide bonds. The standard InChI is InChI=1S/C18H24N2O3/c21-17(12-20-11-10-13-6-4-5-9-16(13)20)19-15-8-3-1-2-7-14(15)18(22)23/h4-6,9,14-15H,1-3,7-8,10-12H2,(H,19,21)(H,22,23)/t14-,15+/m1/s1. The zero-order chi connectivity index (χ0) is 16.2. The molecule has 1 aromatic carbocycles. The van der Waals surface area contributed by atoms with Gasteiger partial charge in [0.2, 0.25) is 5.91 Å². The van der Waals surface area contributed by atoms with Gasteiger partial charge in [0.05, 0.1) is 12.5 Å². The van der Waals surface area contributed by atoms with E-state index < -0.39 is 11.9 Å². The lowest BCUT2D eigenvalue weighted by atomic mass is 9.95. The molecule has 23 heavy (non-hydrogen) atoms. The number of carbonyl (C=O) groups is 2. The SMILES string of the molecule is O=C(CN1CCc2ccccc21)N[C@H]1CCCCC[C@H]1C(=O)O. The highest BCUT2D eigenvalue weighted by Crippen LogP contribution is 2.27. The van der Waals surface area contributed by atoms with Gasteiger partial charge >= 0.3 is 5.97 Å². The molecular weight excluding hydrogens is 292 g/mol. The quantitative estimate of drug-likeness (QED) is 0.836. The Bertz CT molecular complexity index is 587. The van der Waals surface area contributed by atoms with Crippen LogP contribution in [0.5, 0.6) is 0 Å². The zero-order valence-electron chi connectivity index (χ0n) is 13.3. The molecule has 2 aliphatic rings. The summed E-state index contributed by atoms with van der Waals surface area (Å²) in [5.74, 6) is -1.31. The fourth-order valence-corrected chi connectivity index (χ4v) is 3.77. The van der Waals surface area contributed by atoms with E-state index >= 15 is 0 Å². The number of benzene rings is 1. The van der Waals surface area contributed by atoms with Crippen molar-refractivity contribution in [3.63, 3.8) is 0 Å². The van der Waals surface area contributed by atoms with Crippen molar-refractivity contribution < 1.29 is 14.7 Å². The van der Waals surface area contributed by atoms with Gasteiger partial charge in [-0.05, 0) is 30.9 Å². The van der Waals surface area contributed by atoms with Crippen molar-refractivity contribution in [2.45, 2.75) is 44.6 Å². The summed E-state index contributed by atoms with van der Waals surface area (Å²) in [6.07, 6.45) is 5.36. The van der Waals surface area contributed by atoms with Crippen LogP contribution < -0.4 is 10.2 Å². The summed E-state index contributed by atoms with van der Waals surface area (Å²) in [5.41, 5.74) is 2.40. The van der Waals surface area contributed by atoms with Gasteiger partial charge in [0, 0.05) is 18.3 Å². The van der Waals surface area contributed by atoms with Crippen LogP contribution in [-0.4, -0.2) is 36.1 Å². The predicted molar refractivity (Wildman–Crippen MR) is 88.5 cm³/mol. The van der Waals surface area contributed by atoms with E-state index in [9.17, 15) is 14.7 Å². The molecule has 1 aliphatic carbocycles. The molecule has 0 bridgehead atoms. The highest BCUT2D eigenvalue weighted by atomic mass is 16.4. The van der Waals surface area contributed by atoms with Gasteiger partial charge in [-0.3, -0.25) is 9.59 Å². The van der Waals surface area contributed by atoms with E-state index in [0.717, 1.165) is 44.3 Å². The predicted octanol–water partition coefficient (Wildman–Crippen LogP) is 2.20. The van der Waals surface area contributed by atoms with Crippen molar-refractivity contribution in [3.8, 4) is 0 Å². The molecule has 2 atom stereocenters. The van der Waals surface area contributed by atoms with Gasteiger partial charge in [0.25, 0.3) is 0 Å². The Labute approximate surface area is 136 Å². The summed E-state index contributed by atoms with van der Waals surface area (Å²) in [7, 11) is 0. The number of nitrogens with one attached hydrogen (secondary N) is 1. The Morgan fingerprint density at radius 2 is 1.96 bits per heavy atom. The number of aliphatic carboxylic acids is 1. The van der Waals surface area contributed by atoms with Crippen molar-refractivity contribution in [2.24, 2.45) is 5.92 Å². The molecule has 5 heteroatoms. The van der Waals surface area contributed by atoms with Crippen LogP contribution >= 0.6 is 0 Å². The number of fused-ring (bicyclic) bond motifs is 1. The van der Waals surface area contributed by atoms with Crippen LogP contribution in [0, 0.1) is 5.92 Å². The molecule has 0 aromatic heterocycles. The van der Waals surface area contributed by atoms with Gasteiger partial charge in [-0.15, -0.1) is 0 Å². The van der Waals surface area contributed by atoms with E-state index in [0.29, 0.717) is 13.0 Å². The second-order valence-electron chi connectivity index (χ2n) is 6.56. The molecule has 1 heterocycles. The van der Waals surface area contributed by atoms with Crippen molar-refractivity contribution in [1.82, 2.24) is 5.32 Å². The number of nitrogens with zero attached hydrogens (tertiary/aromatic N) is 1. The zero-order valence-corrected chi connectivity index (χ0v) is 13.3. The summed E-state index contributed by atoms with van der Waals surface area (Å²) in [6, 6.07) is 7.91. The molecule has 1 aromatic rings. The van der Waals surface area contributed by atoms with E-state index in [-0.39, 0.29) is 11.9 Å². The summed E-state index contributed by atoms with van der Waals surface area (Å²) >= 11 is 0. The number of hydrogen-bond acceptors (Lipinski definition) is 3. The Morgan fingerprint density at radius 1 is 1.17 bits per heavy atom. The number of anilines is 1. The van der Waals surface area contributed by atoms with Crippen LogP contribution in [0.4, 0.5) is 5.69 Å². The minimum Gasteiger partial charge on any atom is -0.481 e. The van der Waals surface area contributed by atoms with E-state index in [2.05, 4.69) is 16.3 Å². The molecule has 2 N–H and O–H groups in total. The highest BCUT2D eigenvalue weighted by molar-refractivity contribution is 5.83. The average Bonchev–Trinajstić information content (AvgIpc) is 2.77. The molecule has 0 spiro atoms. The number of rotatable bonds is 4. The average molecular weight is 316 g/mol. The van der Waals surface area contributed by atoms with Gasteiger partial charge in [0.15, 0.2) is 0 Å². The third kappa shape index (κ3) is 3.66. The molecule has 0 unspecified atom stereocenters. The molecule has 0 saturated heterocycles. The van der Waals surface area contributed by atoms with Crippen LogP contribution in [0.1, 0.15) is 37.7 Å². The van der Waals surface area contributed by atoms with Gasteiger partial charge in [-0.1, -0.05) is 37.5 Å². The van der Waals surface area contributed by atoms with Crippen LogP contribution in [0.3, 0.4) is 0 Å². The molecular formula is C18H24N2O3. The van der Waals surface area contributed by atoms with E-state index in [1.165, 1.54) is 5.56 Å². The summed E-state index contributed by atoms with van der Waals surface area (Å²) in [6.45, 7) is 1.15. The molecule has 124 valence electrons. The largest absolute Gasteiger partial charge is 0.481 e. The molecule has 5 nitrogen and oxygen atoms in total. The van der Waals surface area contributed by atoms with Crippen molar-refractivity contribution in [2.75, 3.05) is 18.0 Å². The van der Waals surface area contributed by atoms with Crippen LogP contribution in [0.15, 0.2) is 24.3 Å². The molecule has 3 rings (SSSR count). The maximum Gasteiger partial charge on any atom is 0.308 e. The van der Waals surface area contributed by atoms with Crippen LogP contribution in [0.25, 0.3) is 0 Å². The first-order valence-electron chi connectivity index (χ1n) is 8.50. The van der Waals surface area contributed by atoms with Crippen LogP contribution in [0.2, 0.25) is 0 Å². The number of carbonyl (C=O) groups excluding carboxylic acids is 1. The minimum absolute atomic E-state index is 0.0696. The van der Waals surface area contributed by atoms with Crippen LogP contribution in [-0.2, 0) is 16.0 Å². The first-order chi connectivity index (χ1) is 11.1. The number of amides is 1. The smallest absolute Gasteiger partial charge is 0.308 e. The van der Waals surface area contributed by atoms with Gasteiger partial charge in [0.1, 0.15) is 0 Å². The first kappa shape index (κ1) is 15.8. The maximum atomic E-state index is 12.4. The van der Waals surface area contributed by atoms with E-state index in [1.54, 1.807) is 0 Å². The van der Waals surface area contributed by atoms with Gasteiger partial charge < -0.3 is 15.3 Å². The van der Waals surface area contributed by atoms with Crippen molar-refractivity contribution >= 4 is 17.6 Å². The lowest BCUT2D eigenvalue weighted by Gasteiger charge is -2.25. The minimum atomic E-state index is -0.788. The normalized spacial score (nSPS) is 23.9. The second-order valence-corrected chi connectivity index (χ2v) is 6.56. The van der Waals surface area contributed by atoms with Crippen molar-refractivity contribution in [3.05, 3.63) is 29.8 Å². The fourth-order valence-electron chi connectivity index (χ4n) is 3.77. The number of para-hydroxylation sites is 1. The Kier molecular flexibility index (Phi) is 4.84. The highest BCUT2D eigenvalue weighted by Gasteiger charge is 2.31. The Balaban J connectivity index is 1.61. The lowest BCUT2D eigenvalue weighted by molar-refractivity contribution is -0.143. The molecule has 1 aliphatic heterocycles. The van der Waals surface area contributed by atoms with E-state index in [4.69, 9.17) is 0 Å². The summed E-state index contributed by atoms with van der Waals surface area (Å²) in [5, 5.41) is 12.4.